The number of hydrogen-bond acceptors (Lipinski definition) is 3. The topological polar surface area (TPSA) is 52.7 Å². The lowest BCUT2D eigenvalue weighted by Crippen LogP contribution is -2.51. The molecule has 2 fully saturated rings. The molecule has 0 bridgehead atoms. The van der Waals surface area contributed by atoms with E-state index < -0.39 is 10.2 Å². The van der Waals surface area contributed by atoms with Gasteiger partial charge >= 0.3 is 0 Å². The lowest BCUT2D eigenvalue weighted by Gasteiger charge is -2.35. The highest BCUT2D eigenvalue weighted by atomic mass is 32.2. The lowest BCUT2D eigenvalue weighted by atomic mass is 10.0. The second kappa shape index (κ2) is 7.20. The van der Waals surface area contributed by atoms with Gasteiger partial charge in [-0.1, -0.05) is 13.8 Å². The molecule has 0 aliphatic carbocycles. The van der Waals surface area contributed by atoms with Crippen molar-refractivity contribution in [3.63, 3.8) is 0 Å². The Morgan fingerprint density at radius 3 is 2.45 bits per heavy atom. The molecule has 118 valence electrons. The number of rotatable bonds is 5. The smallest absolute Gasteiger partial charge is 0.279 e. The summed E-state index contributed by atoms with van der Waals surface area (Å²) in [5.41, 5.74) is 0. The quantitative estimate of drug-likeness (QED) is 0.836. The molecule has 6 heteroatoms. The van der Waals surface area contributed by atoms with Crippen molar-refractivity contribution in [1.82, 2.24) is 13.9 Å². The largest absolute Gasteiger partial charge is 0.303 e. The molecular formula is C14H29N3O2S. The van der Waals surface area contributed by atoms with Crippen molar-refractivity contribution in [3.8, 4) is 0 Å². The highest BCUT2D eigenvalue weighted by molar-refractivity contribution is 7.87. The first-order valence-electron chi connectivity index (χ1n) is 8.01. The van der Waals surface area contributed by atoms with Crippen molar-refractivity contribution < 1.29 is 8.42 Å². The van der Waals surface area contributed by atoms with Crippen LogP contribution in [0.5, 0.6) is 0 Å². The van der Waals surface area contributed by atoms with Gasteiger partial charge in [-0.05, 0) is 57.7 Å². The monoisotopic (exact) mass is 303 g/mol. The maximum Gasteiger partial charge on any atom is 0.279 e. The Labute approximate surface area is 123 Å². The molecule has 0 aromatic carbocycles. The molecule has 1 atom stereocenters. The van der Waals surface area contributed by atoms with Crippen LogP contribution in [0.2, 0.25) is 0 Å². The number of hydrogen-bond donors (Lipinski definition) is 1. The van der Waals surface area contributed by atoms with Gasteiger partial charge in [0.1, 0.15) is 0 Å². The van der Waals surface area contributed by atoms with Gasteiger partial charge in [0.15, 0.2) is 0 Å². The van der Waals surface area contributed by atoms with Crippen molar-refractivity contribution in [3.05, 3.63) is 0 Å². The van der Waals surface area contributed by atoms with Gasteiger partial charge in [-0.3, -0.25) is 0 Å². The predicted octanol–water partition coefficient (Wildman–Crippen LogP) is 1.43. The van der Waals surface area contributed by atoms with Crippen LogP contribution in [0.1, 0.15) is 46.0 Å². The van der Waals surface area contributed by atoms with Crippen LogP contribution < -0.4 is 4.72 Å². The molecular weight excluding hydrogens is 274 g/mol. The molecule has 5 nitrogen and oxygen atoms in total. The summed E-state index contributed by atoms with van der Waals surface area (Å²) in [5, 5.41) is 0. The third-order valence-electron chi connectivity index (χ3n) is 4.40. The zero-order chi connectivity index (χ0) is 14.6. The molecule has 0 saturated carbocycles. The van der Waals surface area contributed by atoms with Crippen LogP contribution in [-0.2, 0) is 10.2 Å². The van der Waals surface area contributed by atoms with Crippen molar-refractivity contribution in [2.24, 2.45) is 5.92 Å². The highest BCUT2D eigenvalue weighted by Gasteiger charge is 2.30. The molecule has 2 aliphatic rings. The average molecular weight is 303 g/mol. The summed E-state index contributed by atoms with van der Waals surface area (Å²) in [6.45, 7) is 8.81. The van der Waals surface area contributed by atoms with Crippen LogP contribution >= 0.6 is 0 Å². The molecule has 2 saturated heterocycles. The molecule has 2 aliphatic heterocycles. The summed E-state index contributed by atoms with van der Waals surface area (Å²) in [4.78, 5) is 2.42. The molecule has 0 spiro atoms. The lowest BCUT2D eigenvalue weighted by molar-refractivity contribution is 0.204. The third-order valence-corrected chi connectivity index (χ3v) is 6.05. The van der Waals surface area contributed by atoms with Crippen LogP contribution in [0.15, 0.2) is 0 Å². The van der Waals surface area contributed by atoms with E-state index in [9.17, 15) is 8.42 Å². The zero-order valence-electron chi connectivity index (χ0n) is 12.8. The van der Waals surface area contributed by atoms with Crippen LogP contribution in [0, 0.1) is 5.92 Å². The van der Waals surface area contributed by atoms with Crippen molar-refractivity contribution in [2.45, 2.75) is 52.0 Å². The van der Waals surface area contributed by atoms with E-state index >= 15 is 0 Å². The standard InChI is InChI=1S/C14H29N3O2S/c1-3-8-16-10-6-14(7-11-16)15-20(18,19)17-9-4-5-13(2)12-17/h13-15H,3-12H2,1-2H3. The Bertz CT molecular complexity index is 391. The second-order valence-electron chi connectivity index (χ2n) is 6.34. The predicted molar refractivity (Wildman–Crippen MR) is 81.8 cm³/mol. The highest BCUT2D eigenvalue weighted by Crippen LogP contribution is 2.19. The summed E-state index contributed by atoms with van der Waals surface area (Å²) in [5.74, 6) is 0.478. The molecule has 0 aromatic rings. The SMILES string of the molecule is CCCN1CCC(NS(=O)(=O)N2CCCC(C)C2)CC1. The number of nitrogens with zero attached hydrogens (tertiary/aromatic N) is 2. The Morgan fingerprint density at radius 1 is 1.15 bits per heavy atom. The first-order chi connectivity index (χ1) is 9.51. The third kappa shape index (κ3) is 4.41. The van der Waals surface area contributed by atoms with Crippen LogP contribution in [0.4, 0.5) is 0 Å². The van der Waals surface area contributed by atoms with E-state index in [1.165, 1.54) is 6.42 Å². The average Bonchev–Trinajstić information content (AvgIpc) is 2.41. The van der Waals surface area contributed by atoms with Gasteiger partial charge in [-0.25, -0.2) is 0 Å². The van der Waals surface area contributed by atoms with Gasteiger partial charge in [-0.15, -0.1) is 0 Å². The van der Waals surface area contributed by atoms with E-state index in [0.717, 1.165) is 45.3 Å². The van der Waals surface area contributed by atoms with E-state index in [4.69, 9.17) is 0 Å². The van der Waals surface area contributed by atoms with E-state index in [0.29, 0.717) is 19.0 Å². The van der Waals surface area contributed by atoms with Gasteiger partial charge in [0.2, 0.25) is 0 Å². The first-order valence-corrected chi connectivity index (χ1v) is 9.45. The summed E-state index contributed by atoms with van der Waals surface area (Å²) in [6, 6.07) is 0.116. The van der Waals surface area contributed by atoms with E-state index in [2.05, 4.69) is 23.5 Å². The van der Waals surface area contributed by atoms with E-state index in [1.54, 1.807) is 4.31 Å². The van der Waals surface area contributed by atoms with E-state index in [1.807, 2.05) is 0 Å². The maximum absolute atomic E-state index is 12.4. The van der Waals surface area contributed by atoms with Crippen LogP contribution in [-0.4, -0.2) is 56.4 Å². The minimum Gasteiger partial charge on any atom is -0.303 e. The molecule has 1 unspecified atom stereocenters. The van der Waals surface area contributed by atoms with Gasteiger partial charge < -0.3 is 4.90 Å². The number of likely N-dealkylation sites (tertiary alicyclic amines) is 1. The summed E-state index contributed by atoms with van der Waals surface area (Å²) >= 11 is 0. The molecule has 0 radical (unpaired) electrons. The summed E-state index contributed by atoms with van der Waals surface area (Å²) in [6.07, 6.45) is 5.16. The Kier molecular flexibility index (Phi) is 5.84. The van der Waals surface area contributed by atoms with E-state index in [-0.39, 0.29) is 6.04 Å². The molecule has 2 rings (SSSR count). The van der Waals surface area contributed by atoms with Gasteiger partial charge in [0.25, 0.3) is 10.2 Å². The molecule has 0 amide bonds. The van der Waals surface area contributed by atoms with Crippen molar-refractivity contribution in [1.29, 1.82) is 0 Å². The summed E-state index contributed by atoms with van der Waals surface area (Å²) < 4.78 is 29.4. The fourth-order valence-corrected chi connectivity index (χ4v) is 4.87. The minimum atomic E-state index is -3.28. The Morgan fingerprint density at radius 2 is 1.85 bits per heavy atom. The zero-order valence-corrected chi connectivity index (χ0v) is 13.7. The molecule has 1 N–H and O–H groups in total. The fourth-order valence-electron chi connectivity index (χ4n) is 3.24. The van der Waals surface area contributed by atoms with Crippen molar-refractivity contribution in [2.75, 3.05) is 32.7 Å². The second-order valence-corrected chi connectivity index (χ2v) is 8.05. The summed E-state index contributed by atoms with van der Waals surface area (Å²) in [7, 11) is -3.28. The fraction of sp³-hybridized carbons (Fsp3) is 1.00. The maximum atomic E-state index is 12.4. The number of piperidine rings is 2. The number of nitrogens with one attached hydrogen (secondary N) is 1. The molecule has 20 heavy (non-hydrogen) atoms. The van der Waals surface area contributed by atoms with Gasteiger partial charge in [0, 0.05) is 19.1 Å². The van der Waals surface area contributed by atoms with Crippen molar-refractivity contribution >= 4 is 10.2 Å². The minimum absolute atomic E-state index is 0.116. The van der Waals surface area contributed by atoms with Crippen LogP contribution in [0.25, 0.3) is 0 Å². The molecule has 0 aromatic heterocycles. The van der Waals surface area contributed by atoms with Gasteiger partial charge in [0.05, 0.1) is 0 Å². The molecule has 2 heterocycles. The normalized spacial score (nSPS) is 27.8. The Balaban J connectivity index is 1.83. The Hall–Kier alpha value is -0.170. The van der Waals surface area contributed by atoms with Crippen LogP contribution in [0.3, 0.4) is 0 Å². The first kappa shape index (κ1) is 16.2. The van der Waals surface area contributed by atoms with Gasteiger partial charge in [-0.2, -0.15) is 17.4 Å².